The van der Waals surface area contributed by atoms with Gasteiger partial charge in [-0.25, -0.2) is 0 Å². The lowest BCUT2D eigenvalue weighted by molar-refractivity contribution is 0.0719. The minimum absolute atomic E-state index is 0.0182. The Balaban J connectivity index is 1.70. The van der Waals surface area contributed by atoms with E-state index in [2.05, 4.69) is 15.9 Å². The molecule has 1 aliphatic rings. The van der Waals surface area contributed by atoms with Gasteiger partial charge in [-0.2, -0.15) is 0 Å². The van der Waals surface area contributed by atoms with E-state index in [0.29, 0.717) is 42.3 Å². The number of carbonyl (C=O) groups excluding carboxylic acids is 2. The molecule has 2 aromatic carbocycles. The zero-order valence-electron chi connectivity index (χ0n) is 14.5. The molecule has 2 aromatic rings. The number of benzene rings is 2. The van der Waals surface area contributed by atoms with Crippen LogP contribution in [0.1, 0.15) is 32.7 Å². The van der Waals surface area contributed by atoms with Crippen LogP contribution >= 0.6 is 27.5 Å². The summed E-state index contributed by atoms with van der Waals surface area (Å²) >= 11 is 9.57. The lowest BCUT2D eigenvalue weighted by Gasteiger charge is -2.23. The molecule has 0 radical (unpaired) electrons. The molecule has 4 nitrogen and oxygen atoms in total. The van der Waals surface area contributed by atoms with Crippen LogP contribution in [0.2, 0.25) is 5.02 Å². The number of carbonyl (C=O) groups is 2. The minimum atomic E-state index is -0.0904. The Morgan fingerprint density at radius 2 is 1.65 bits per heavy atom. The van der Waals surface area contributed by atoms with E-state index in [1.807, 2.05) is 42.2 Å². The highest BCUT2D eigenvalue weighted by Crippen LogP contribution is 2.23. The number of hydrogen-bond donors (Lipinski definition) is 0. The number of halogens is 2. The van der Waals surface area contributed by atoms with Gasteiger partial charge in [0.05, 0.1) is 10.6 Å². The number of nitrogens with zero attached hydrogens (tertiary/aromatic N) is 2. The third-order valence-electron chi connectivity index (χ3n) is 4.50. The molecule has 0 aliphatic carbocycles. The van der Waals surface area contributed by atoms with Gasteiger partial charge in [0, 0.05) is 36.2 Å². The summed E-state index contributed by atoms with van der Waals surface area (Å²) in [4.78, 5) is 29.1. The molecule has 3 rings (SSSR count). The van der Waals surface area contributed by atoms with E-state index in [1.165, 1.54) is 0 Å². The van der Waals surface area contributed by atoms with Crippen LogP contribution in [0.15, 0.2) is 46.9 Å². The van der Waals surface area contributed by atoms with Gasteiger partial charge in [0.15, 0.2) is 0 Å². The van der Waals surface area contributed by atoms with Gasteiger partial charge in [-0.15, -0.1) is 0 Å². The normalized spacial score (nSPS) is 14.9. The Bertz CT molecular complexity index is 840. The van der Waals surface area contributed by atoms with Crippen LogP contribution in [0.5, 0.6) is 0 Å². The first-order valence-electron chi connectivity index (χ1n) is 8.56. The summed E-state index contributed by atoms with van der Waals surface area (Å²) in [7, 11) is 0. The summed E-state index contributed by atoms with van der Waals surface area (Å²) in [6.07, 6.45) is 0.747. The van der Waals surface area contributed by atoms with Crippen LogP contribution in [0.3, 0.4) is 0 Å². The molecule has 2 amide bonds. The summed E-state index contributed by atoms with van der Waals surface area (Å²) in [5.41, 5.74) is 2.25. The zero-order valence-corrected chi connectivity index (χ0v) is 16.9. The minimum Gasteiger partial charge on any atom is -0.337 e. The van der Waals surface area contributed by atoms with Crippen molar-refractivity contribution in [2.45, 2.75) is 13.3 Å². The third-order valence-corrected chi connectivity index (χ3v) is 5.30. The molecule has 136 valence electrons. The van der Waals surface area contributed by atoms with Crippen molar-refractivity contribution in [2.75, 3.05) is 26.2 Å². The smallest absolute Gasteiger partial charge is 0.255 e. The van der Waals surface area contributed by atoms with Gasteiger partial charge >= 0.3 is 0 Å². The molecule has 0 saturated carbocycles. The second-order valence-corrected chi connectivity index (χ2v) is 7.75. The molecule has 0 aromatic heterocycles. The van der Waals surface area contributed by atoms with E-state index in [4.69, 9.17) is 11.6 Å². The third kappa shape index (κ3) is 4.27. The van der Waals surface area contributed by atoms with Crippen molar-refractivity contribution >= 4 is 39.3 Å². The fourth-order valence-electron chi connectivity index (χ4n) is 3.12. The van der Waals surface area contributed by atoms with Crippen molar-refractivity contribution in [3.8, 4) is 0 Å². The maximum absolute atomic E-state index is 12.8. The Morgan fingerprint density at radius 1 is 0.962 bits per heavy atom. The van der Waals surface area contributed by atoms with E-state index in [0.717, 1.165) is 16.5 Å². The second-order valence-electron chi connectivity index (χ2n) is 6.43. The largest absolute Gasteiger partial charge is 0.337 e. The summed E-state index contributed by atoms with van der Waals surface area (Å²) in [5, 5.41) is 0.432. The molecule has 1 saturated heterocycles. The van der Waals surface area contributed by atoms with Crippen molar-refractivity contribution in [1.82, 2.24) is 9.80 Å². The van der Waals surface area contributed by atoms with E-state index in [-0.39, 0.29) is 11.8 Å². The standard InChI is InChI=1S/C20H20BrClN2O2/c1-14-4-2-5-15(12-14)19(25)23-8-3-9-24(11-10-23)20(26)17-7-6-16(21)13-18(17)22/h2,4-7,12-13H,3,8-11H2,1H3. The quantitative estimate of drug-likeness (QED) is 0.701. The zero-order chi connectivity index (χ0) is 18.7. The molecule has 0 N–H and O–H groups in total. The number of hydrogen-bond acceptors (Lipinski definition) is 2. The van der Waals surface area contributed by atoms with Crippen molar-refractivity contribution < 1.29 is 9.59 Å². The molecule has 6 heteroatoms. The number of amides is 2. The molecular formula is C20H20BrClN2O2. The van der Waals surface area contributed by atoms with Crippen LogP contribution in [-0.2, 0) is 0 Å². The van der Waals surface area contributed by atoms with E-state index >= 15 is 0 Å². The Labute approximate surface area is 166 Å². The average Bonchev–Trinajstić information content (AvgIpc) is 2.87. The number of aryl methyl sites for hydroxylation is 1. The lowest BCUT2D eigenvalue weighted by Crippen LogP contribution is -2.37. The molecule has 0 spiro atoms. The molecule has 0 unspecified atom stereocenters. The molecule has 1 fully saturated rings. The molecule has 26 heavy (non-hydrogen) atoms. The summed E-state index contributed by atoms with van der Waals surface area (Å²) in [6.45, 7) is 4.25. The van der Waals surface area contributed by atoms with Gasteiger partial charge in [0.2, 0.25) is 0 Å². The fourth-order valence-corrected chi connectivity index (χ4v) is 3.87. The molecule has 0 atom stereocenters. The van der Waals surface area contributed by atoms with Crippen LogP contribution in [0, 0.1) is 6.92 Å². The highest BCUT2D eigenvalue weighted by molar-refractivity contribution is 9.10. The van der Waals surface area contributed by atoms with Gasteiger partial charge in [-0.3, -0.25) is 9.59 Å². The van der Waals surface area contributed by atoms with Gasteiger partial charge in [-0.05, 0) is 43.7 Å². The second kappa shape index (κ2) is 8.23. The molecular weight excluding hydrogens is 416 g/mol. The topological polar surface area (TPSA) is 40.6 Å². The highest BCUT2D eigenvalue weighted by Gasteiger charge is 2.24. The first kappa shape index (κ1) is 18.9. The Hall–Kier alpha value is -1.85. The van der Waals surface area contributed by atoms with Crippen LogP contribution < -0.4 is 0 Å². The number of rotatable bonds is 2. The predicted octanol–water partition coefficient (Wildman–Crippen LogP) is 4.40. The van der Waals surface area contributed by atoms with Gasteiger partial charge in [0.1, 0.15) is 0 Å². The maximum atomic E-state index is 12.8. The van der Waals surface area contributed by atoms with Gasteiger partial charge in [0.25, 0.3) is 11.8 Å². The van der Waals surface area contributed by atoms with Crippen LogP contribution in [-0.4, -0.2) is 47.8 Å². The lowest BCUT2D eigenvalue weighted by atomic mass is 10.1. The monoisotopic (exact) mass is 434 g/mol. The predicted molar refractivity (Wildman–Crippen MR) is 107 cm³/mol. The van der Waals surface area contributed by atoms with E-state index in [9.17, 15) is 9.59 Å². The SMILES string of the molecule is Cc1cccc(C(=O)N2CCCN(C(=O)c3ccc(Br)cc3Cl)CC2)c1. The van der Waals surface area contributed by atoms with Crippen LogP contribution in [0.25, 0.3) is 0 Å². The Kier molecular flexibility index (Phi) is 5.99. The maximum Gasteiger partial charge on any atom is 0.255 e. The molecule has 0 bridgehead atoms. The van der Waals surface area contributed by atoms with Crippen molar-refractivity contribution in [1.29, 1.82) is 0 Å². The first-order chi connectivity index (χ1) is 12.5. The van der Waals surface area contributed by atoms with E-state index < -0.39 is 0 Å². The van der Waals surface area contributed by atoms with Crippen molar-refractivity contribution in [3.05, 3.63) is 68.7 Å². The van der Waals surface area contributed by atoms with Gasteiger partial charge in [-0.1, -0.05) is 45.2 Å². The first-order valence-corrected chi connectivity index (χ1v) is 9.73. The molecule has 1 heterocycles. The van der Waals surface area contributed by atoms with Crippen LogP contribution in [0.4, 0.5) is 0 Å². The fraction of sp³-hybridized carbons (Fsp3) is 0.300. The summed E-state index contributed by atoms with van der Waals surface area (Å²) in [6, 6.07) is 12.9. The highest BCUT2D eigenvalue weighted by atomic mass is 79.9. The van der Waals surface area contributed by atoms with E-state index in [1.54, 1.807) is 17.0 Å². The van der Waals surface area contributed by atoms with Crippen molar-refractivity contribution in [3.63, 3.8) is 0 Å². The van der Waals surface area contributed by atoms with Gasteiger partial charge < -0.3 is 9.80 Å². The summed E-state index contributed by atoms with van der Waals surface area (Å²) in [5.74, 6) is -0.0722. The summed E-state index contributed by atoms with van der Waals surface area (Å²) < 4.78 is 0.838. The molecule has 1 aliphatic heterocycles. The van der Waals surface area contributed by atoms with Crippen molar-refractivity contribution in [2.24, 2.45) is 0 Å². The Morgan fingerprint density at radius 3 is 2.31 bits per heavy atom. The average molecular weight is 436 g/mol.